The molecule has 1 aliphatic rings. The lowest BCUT2D eigenvalue weighted by Crippen LogP contribution is -2.35. The van der Waals surface area contributed by atoms with Crippen LogP contribution in [0.5, 0.6) is 0 Å². The van der Waals surface area contributed by atoms with Crippen molar-refractivity contribution in [2.24, 2.45) is 5.92 Å². The van der Waals surface area contributed by atoms with E-state index in [9.17, 15) is 9.59 Å². The van der Waals surface area contributed by atoms with Crippen LogP contribution in [-0.2, 0) is 9.59 Å². The molecule has 136 valence electrons. The first-order valence-corrected chi connectivity index (χ1v) is 9.10. The van der Waals surface area contributed by atoms with Crippen LogP contribution < -0.4 is 15.5 Å². The smallest absolute Gasteiger partial charge is 0.246 e. The Balaban J connectivity index is 1.65. The first-order chi connectivity index (χ1) is 12.6. The zero-order chi connectivity index (χ0) is 18.5. The van der Waals surface area contributed by atoms with Crippen molar-refractivity contribution in [1.82, 2.24) is 0 Å². The molecule has 0 spiro atoms. The van der Waals surface area contributed by atoms with E-state index in [2.05, 4.69) is 10.6 Å². The molecule has 0 radical (unpaired) electrons. The first kappa shape index (κ1) is 18.0. The summed E-state index contributed by atoms with van der Waals surface area (Å²) in [6.07, 6.45) is 1.95. The van der Waals surface area contributed by atoms with Crippen LogP contribution in [0.3, 0.4) is 0 Å². The molecule has 26 heavy (non-hydrogen) atoms. The summed E-state index contributed by atoms with van der Waals surface area (Å²) in [4.78, 5) is 26.4. The highest BCUT2D eigenvalue weighted by Gasteiger charge is 2.29. The Bertz CT molecular complexity index is 785. The molecule has 2 amide bonds. The highest BCUT2D eigenvalue weighted by atomic mass is 16.2. The summed E-state index contributed by atoms with van der Waals surface area (Å²) in [5.74, 6) is 0.254. The normalized spacial score (nSPS) is 13.2. The van der Waals surface area contributed by atoms with E-state index in [1.165, 1.54) is 0 Å². The molecular formula is C21H25N3O2. The quantitative estimate of drug-likeness (QED) is 0.797. The van der Waals surface area contributed by atoms with E-state index in [0.717, 1.165) is 35.5 Å². The van der Waals surface area contributed by atoms with Crippen LogP contribution in [0.2, 0.25) is 0 Å². The Morgan fingerprint density at radius 2 is 1.73 bits per heavy atom. The van der Waals surface area contributed by atoms with E-state index in [1.807, 2.05) is 62.4 Å². The van der Waals surface area contributed by atoms with Gasteiger partial charge in [0, 0.05) is 29.5 Å². The monoisotopic (exact) mass is 351 g/mol. The molecule has 0 unspecified atom stereocenters. The summed E-state index contributed by atoms with van der Waals surface area (Å²) >= 11 is 0. The predicted octanol–water partition coefficient (Wildman–Crippen LogP) is 3.81. The lowest BCUT2D eigenvalue weighted by atomic mass is 10.1. The van der Waals surface area contributed by atoms with Crippen molar-refractivity contribution in [3.63, 3.8) is 0 Å². The van der Waals surface area contributed by atoms with Gasteiger partial charge in [-0.3, -0.25) is 9.59 Å². The molecule has 2 aromatic carbocycles. The average molecular weight is 351 g/mol. The minimum atomic E-state index is 0.00511. The van der Waals surface area contributed by atoms with Crippen molar-refractivity contribution >= 4 is 28.9 Å². The summed E-state index contributed by atoms with van der Waals surface area (Å²) in [5, 5.41) is 6.20. The number of carbonyl (C=O) groups is 2. The van der Waals surface area contributed by atoms with Crippen LogP contribution in [-0.4, -0.2) is 24.9 Å². The number of anilines is 3. The fraction of sp³-hybridized carbons (Fsp3) is 0.333. The number of para-hydroxylation sites is 1. The number of benzene rings is 2. The Morgan fingerprint density at radius 3 is 2.38 bits per heavy atom. The maximum Gasteiger partial charge on any atom is 0.246 e. The summed E-state index contributed by atoms with van der Waals surface area (Å²) in [7, 11) is 0. The van der Waals surface area contributed by atoms with E-state index in [4.69, 9.17) is 0 Å². The summed E-state index contributed by atoms with van der Waals surface area (Å²) < 4.78 is 0. The second-order valence-corrected chi connectivity index (χ2v) is 6.57. The summed E-state index contributed by atoms with van der Waals surface area (Å²) in [6.45, 7) is 4.72. The van der Waals surface area contributed by atoms with Gasteiger partial charge in [0.25, 0.3) is 0 Å². The lowest BCUT2D eigenvalue weighted by Gasteiger charge is -2.22. The predicted molar refractivity (Wildman–Crippen MR) is 105 cm³/mol. The molecule has 5 nitrogen and oxygen atoms in total. The molecule has 2 N–H and O–H groups in total. The van der Waals surface area contributed by atoms with Gasteiger partial charge in [-0.15, -0.1) is 0 Å². The third-order valence-corrected chi connectivity index (χ3v) is 4.66. The largest absolute Gasteiger partial charge is 0.376 e. The molecule has 0 atom stereocenters. The molecule has 0 heterocycles. The number of nitrogens with zero attached hydrogens (tertiary/aromatic N) is 1. The molecule has 1 fully saturated rings. The highest BCUT2D eigenvalue weighted by molar-refractivity contribution is 5.97. The molecule has 1 aliphatic carbocycles. The molecule has 0 aliphatic heterocycles. The lowest BCUT2D eigenvalue weighted by molar-refractivity contribution is -0.118. The second kappa shape index (κ2) is 8.04. The number of amides is 2. The van der Waals surface area contributed by atoms with Crippen LogP contribution in [0.4, 0.5) is 17.1 Å². The zero-order valence-corrected chi connectivity index (χ0v) is 15.3. The van der Waals surface area contributed by atoms with Crippen LogP contribution in [0.1, 0.15) is 25.3 Å². The molecule has 0 saturated heterocycles. The SMILES string of the molecule is CCN(C(=O)CNc1cccc(NC(=O)C2CC2)c1C)c1ccccc1. The van der Waals surface area contributed by atoms with Crippen molar-refractivity contribution in [1.29, 1.82) is 0 Å². The molecular weight excluding hydrogens is 326 g/mol. The fourth-order valence-corrected chi connectivity index (χ4v) is 2.92. The maximum atomic E-state index is 12.6. The van der Waals surface area contributed by atoms with Crippen LogP contribution in [0.25, 0.3) is 0 Å². The number of nitrogens with one attached hydrogen (secondary N) is 2. The van der Waals surface area contributed by atoms with E-state index in [-0.39, 0.29) is 24.3 Å². The number of rotatable bonds is 7. The van der Waals surface area contributed by atoms with Gasteiger partial charge in [0.05, 0.1) is 6.54 Å². The van der Waals surface area contributed by atoms with Crippen LogP contribution in [0, 0.1) is 12.8 Å². The van der Waals surface area contributed by atoms with Crippen molar-refractivity contribution in [2.75, 3.05) is 28.6 Å². The number of hydrogen-bond donors (Lipinski definition) is 2. The fourth-order valence-electron chi connectivity index (χ4n) is 2.92. The molecule has 1 saturated carbocycles. The molecule has 2 aromatic rings. The Morgan fingerprint density at radius 1 is 1.04 bits per heavy atom. The summed E-state index contributed by atoms with van der Waals surface area (Å²) in [6, 6.07) is 15.4. The van der Waals surface area contributed by atoms with Gasteiger partial charge in [-0.05, 0) is 56.5 Å². The summed E-state index contributed by atoms with van der Waals surface area (Å²) in [5.41, 5.74) is 3.49. The van der Waals surface area contributed by atoms with Crippen molar-refractivity contribution in [2.45, 2.75) is 26.7 Å². The van der Waals surface area contributed by atoms with Gasteiger partial charge in [0.15, 0.2) is 0 Å². The van der Waals surface area contributed by atoms with E-state index < -0.39 is 0 Å². The topological polar surface area (TPSA) is 61.4 Å². The van der Waals surface area contributed by atoms with E-state index >= 15 is 0 Å². The molecule has 0 bridgehead atoms. The zero-order valence-electron chi connectivity index (χ0n) is 15.3. The number of carbonyl (C=O) groups excluding carboxylic acids is 2. The first-order valence-electron chi connectivity index (χ1n) is 9.10. The number of likely N-dealkylation sites (N-methyl/N-ethyl adjacent to an activating group) is 1. The average Bonchev–Trinajstić information content (AvgIpc) is 3.49. The van der Waals surface area contributed by atoms with Gasteiger partial charge in [0.1, 0.15) is 0 Å². The van der Waals surface area contributed by atoms with Gasteiger partial charge in [-0.25, -0.2) is 0 Å². The second-order valence-electron chi connectivity index (χ2n) is 6.57. The third kappa shape index (κ3) is 4.23. The van der Waals surface area contributed by atoms with E-state index in [0.29, 0.717) is 6.54 Å². The molecule has 0 aromatic heterocycles. The minimum absolute atomic E-state index is 0.00511. The maximum absolute atomic E-state index is 12.6. The van der Waals surface area contributed by atoms with Gasteiger partial charge in [-0.2, -0.15) is 0 Å². The van der Waals surface area contributed by atoms with Crippen LogP contribution in [0.15, 0.2) is 48.5 Å². The van der Waals surface area contributed by atoms with Gasteiger partial charge >= 0.3 is 0 Å². The van der Waals surface area contributed by atoms with Gasteiger partial charge < -0.3 is 15.5 Å². The molecule has 3 rings (SSSR count). The minimum Gasteiger partial charge on any atom is -0.376 e. The highest BCUT2D eigenvalue weighted by Crippen LogP contribution is 2.31. The van der Waals surface area contributed by atoms with E-state index in [1.54, 1.807) is 4.90 Å². The molecule has 5 heteroatoms. The van der Waals surface area contributed by atoms with Crippen molar-refractivity contribution < 1.29 is 9.59 Å². The van der Waals surface area contributed by atoms with Gasteiger partial charge in [0.2, 0.25) is 11.8 Å². The van der Waals surface area contributed by atoms with Crippen LogP contribution >= 0.6 is 0 Å². The Hall–Kier alpha value is -2.82. The van der Waals surface area contributed by atoms with Crippen molar-refractivity contribution in [3.8, 4) is 0 Å². The standard InChI is InChI=1S/C21H25N3O2/c1-3-24(17-8-5-4-6-9-17)20(25)14-22-18-10-7-11-19(15(18)2)23-21(26)16-12-13-16/h4-11,16,22H,3,12-14H2,1-2H3,(H,23,26). The Kier molecular flexibility index (Phi) is 5.56. The van der Waals surface area contributed by atoms with Crippen molar-refractivity contribution in [3.05, 3.63) is 54.1 Å². The van der Waals surface area contributed by atoms with Gasteiger partial charge in [-0.1, -0.05) is 24.3 Å². The number of hydrogen-bond acceptors (Lipinski definition) is 3. The Labute approximate surface area is 154 Å². The third-order valence-electron chi connectivity index (χ3n) is 4.66.